The largest absolute Gasteiger partial charge is 0.228 e. The average molecular weight is 797 g/mol. The Labute approximate surface area is 358 Å². The molecule has 8 aromatic carbocycles. The van der Waals surface area contributed by atoms with Gasteiger partial charge >= 0.3 is 0 Å². The van der Waals surface area contributed by atoms with Crippen LogP contribution >= 0.6 is 11.3 Å². The van der Waals surface area contributed by atoms with Crippen molar-refractivity contribution in [2.24, 2.45) is 0 Å². The average Bonchev–Trinajstić information content (AvgIpc) is 3.73. The van der Waals surface area contributed by atoms with Gasteiger partial charge in [-0.2, -0.15) is 0 Å². The fraction of sp³-hybridized carbons (Fsp3) is 0. The molecule has 0 atom stereocenters. The summed E-state index contributed by atoms with van der Waals surface area (Å²) in [5.74, 6) is 1.41. The van der Waals surface area contributed by atoms with Crippen LogP contribution in [0.25, 0.3) is 110 Å². The molecule has 3 aromatic heterocycles. The van der Waals surface area contributed by atoms with E-state index in [1.54, 1.807) is 0 Å². The second kappa shape index (κ2) is 15.7. The van der Waals surface area contributed by atoms with Gasteiger partial charge in [0.1, 0.15) is 0 Å². The number of thiophene rings is 1. The minimum Gasteiger partial charge on any atom is -0.228 e. The van der Waals surface area contributed by atoms with Gasteiger partial charge in [-0.05, 0) is 40.5 Å². The molecule has 5 heteroatoms. The highest BCUT2D eigenvalue weighted by Gasteiger charge is 2.15. The minimum atomic E-state index is 0.706. The molecule has 0 aliphatic heterocycles. The van der Waals surface area contributed by atoms with Gasteiger partial charge in [-0.1, -0.05) is 200 Å². The van der Waals surface area contributed by atoms with Gasteiger partial charge in [0.2, 0.25) is 0 Å². The van der Waals surface area contributed by atoms with E-state index in [2.05, 4.69) is 146 Å². The van der Waals surface area contributed by atoms with Crippen molar-refractivity contribution < 1.29 is 0 Å². The van der Waals surface area contributed by atoms with Crippen molar-refractivity contribution in [1.82, 2.24) is 19.9 Å². The molecule has 0 N–H and O–H groups in total. The lowest BCUT2D eigenvalue weighted by Crippen LogP contribution is -1.95. The fourth-order valence-electron chi connectivity index (χ4n) is 8.00. The number of benzene rings is 8. The van der Waals surface area contributed by atoms with Crippen LogP contribution in [0, 0.1) is 0 Å². The topological polar surface area (TPSA) is 51.6 Å². The molecule has 0 fully saturated rings. The van der Waals surface area contributed by atoms with Crippen molar-refractivity contribution >= 4 is 31.5 Å². The van der Waals surface area contributed by atoms with Crippen molar-refractivity contribution in [3.63, 3.8) is 0 Å². The smallest absolute Gasteiger partial charge is 0.160 e. The van der Waals surface area contributed by atoms with Gasteiger partial charge < -0.3 is 0 Å². The second-order valence-electron chi connectivity index (χ2n) is 15.0. The summed E-state index contributed by atoms with van der Waals surface area (Å²) >= 11 is 1.85. The molecule has 3 heterocycles. The number of hydrogen-bond donors (Lipinski definition) is 0. The quantitative estimate of drug-likeness (QED) is 0.154. The Bertz CT molecular complexity index is 3200. The van der Waals surface area contributed by atoms with Crippen LogP contribution in [0.2, 0.25) is 0 Å². The van der Waals surface area contributed by atoms with E-state index in [1.165, 1.54) is 31.3 Å². The molecule has 286 valence electrons. The van der Waals surface area contributed by atoms with Crippen LogP contribution in [0.15, 0.2) is 218 Å². The molecule has 0 saturated heterocycles. The highest BCUT2D eigenvalue weighted by atomic mass is 32.1. The molecule has 4 nitrogen and oxygen atoms in total. The van der Waals surface area contributed by atoms with Gasteiger partial charge in [0.05, 0.1) is 22.8 Å². The number of fused-ring (bicyclic) bond motifs is 3. The van der Waals surface area contributed by atoms with Crippen molar-refractivity contribution in [3.05, 3.63) is 218 Å². The van der Waals surface area contributed by atoms with E-state index < -0.39 is 0 Å². The van der Waals surface area contributed by atoms with Crippen LogP contribution in [0.5, 0.6) is 0 Å². The summed E-state index contributed by atoms with van der Waals surface area (Å²) in [6.45, 7) is 0. The summed E-state index contributed by atoms with van der Waals surface area (Å²) in [6.07, 6.45) is 0. The highest BCUT2D eigenvalue weighted by molar-refractivity contribution is 7.26. The molecule has 61 heavy (non-hydrogen) atoms. The van der Waals surface area contributed by atoms with E-state index in [0.29, 0.717) is 11.6 Å². The van der Waals surface area contributed by atoms with E-state index >= 15 is 0 Å². The van der Waals surface area contributed by atoms with Crippen LogP contribution in [-0.2, 0) is 0 Å². The van der Waals surface area contributed by atoms with E-state index in [4.69, 9.17) is 19.9 Å². The van der Waals surface area contributed by atoms with Crippen molar-refractivity contribution in [3.8, 4) is 90.1 Å². The monoisotopic (exact) mass is 796 g/mol. The third kappa shape index (κ3) is 7.18. The molecule has 0 spiro atoms. The molecule has 0 bridgehead atoms. The number of rotatable bonds is 8. The Morgan fingerprint density at radius 1 is 0.262 bits per heavy atom. The second-order valence-corrected chi connectivity index (χ2v) is 16.1. The van der Waals surface area contributed by atoms with E-state index in [9.17, 15) is 0 Å². The van der Waals surface area contributed by atoms with Gasteiger partial charge in [-0.3, -0.25) is 0 Å². The van der Waals surface area contributed by atoms with Gasteiger partial charge in [0.25, 0.3) is 0 Å². The maximum Gasteiger partial charge on any atom is 0.160 e. The van der Waals surface area contributed by atoms with Crippen molar-refractivity contribution in [2.45, 2.75) is 0 Å². The molecule has 0 aliphatic carbocycles. The van der Waals surface area contributed by atoms with Crippen LogP contribution < -0.4 is 0 Å². The van der Waals surface area contributed by atoms with Crippen LogP contribution in [-0.4, -0.2) is 19.9 Å². The van der Waals surface area contributed by atoms with Crippen LogP contribution in [0.3, 0.4) is 0 Å². The molecular formula is C56H36N4S. The Kier molecular flexibility index (Phi) is 9.34. The maximum absolute atomic E-state index is 5.05. The Hall–Kier alpha value is -7.86. The zero-order valence-corrected chi connectivity index (χ0v) is 33.8. The molecule has 0 saturated carbocycles. The lowest BCUT2D eigenvalue weighted by Gasteiger charge is -2.10. The van der Waals surface area contributed by atoms with Crippen molar-refractivity contribution in [2.75, 3.05) is 0 Å². The Morgan fingerprint density at radius 2 is 0.656 bits per heavy atom. The summed E-state index contributed by atoms with van der Waals surface area (Å²) in [4.78, 5) is 20.2. The molecule has 0 aliphatic rings. The predicted octanol–water partition coefficient (Wildman–Crippen LogP) is 15.0. The van der Waals surface area contributed by atoms with Crippen LogP contribution in [0.1, 0.15) is 0 Å². The molecule has 0 unspecified atom stereocenters. The third-order valence-corrected chi connectivity index (χ3v) is 12.4. The Morgan fingerprint density at radius 3 is 1.10 bits per heavy atom. The molecule has 0 amide bonds. The maximum atomic E-state index is 5.05. The lowest BCUT2D eigenvalue weighted by atomic mass is 9.99. The first-order valence-electron chi connectivity index (χ1n) is 20.4. The SMILES string of the molecule is c1ccc(-c2cc(-c3ccccc3)nc(-c3ccc(-c4ccc5c(c4)sc4c(-c6ccc(-c7nc(-c8ccccc8)cc(-c8ccccc8)n7)cc6)cccc45)cc3)n2)cc1. The number of hydrogen-bond acceptors (Lipinski definition) is 5. The first kappa shape index (κ1) is 36.2. The predicted molar refractivity (Wildman–Crippen MR) is 254 cm³/mol. The van der Waals surface area contributed by atoms with E-state index in [1.807, 2.05) is 84.1 Å². The van der Waals surface area contributed by atoms with E-state index in [-0.39, 0.29) is 0 Å². The summed E-state index contributed by atoms with van der Waals surface area (Å²) < 4.78 is 2.53. The zero-order valence-electron chi connectivity index (χ0n) is 33.0. The molecular weight excluding hydrogens is 761 g/mol. The molecule has 11 aromatic rings. The first-order chi connectivity index (χ1) is 30.2. The zero-order chi connectivity index (χ0) is 40.5. The van der Waals surface area contributed by atoms with Gasteiger partial charge in [0, 0.05) is 53.6 Å². The fourth-order valence-corrected chi connectivity index (χ4v) is 9.27. The standard InChI is InChI=1S/C56H36N4S/c1-5-14-39(15-6-1)49-35-50(40-16-7-2-8-17-40)58-55(57-49)43-28-24-37(25-29-43)45-32-33-47-48-23-13-22-46(54(48)61-53(47)34-45)38-26-30-44(31-27-38)56-59-51(41-18-9-3-10-19-41)36-52(60-56)42-20-11-4-12-21-42/h1-36H. The lowest BCUT2D eigenvalue weighted by molar-refractivity contribution is 1.18. The van der Waals surface area contributed by atoms with Gasteiger partial charge in [0.15, 0.2) is 11.6 Å². The van der Waals surface area contributed by atoms with E-state index in [0.717, 1.165) is 67.3 Å². The number of aromatic nitrogens is 4. The summed E-state index contributed by atoms with van der Waals surface area (Å²) in [6, 6.07) is 76.2. The first-order valence-corrected chi connectivity index (χ1v) is 21.2. The summed E-state index contributed by atoms with van der Waals surface area (Å²) in [5.41, 5.74) is 14.5. The van der Waals surface area contributed by atoms with Crippen molar-refractivity contribution in [1.29, 1.82) is 0 Å². The minimum absolute atomic E-state index is 0.706. The van der Waals surface area contributed by atoms with Gasteiger partial charge in [-0.25, -0.2) is 19.9 Å². The number of nitrogens with zero attached hydrogens (tertiary/aromatic N) is 4. The summed E-state index contributed by atoms with van der Waals surface area (Å²) in [7, 11) is 0. The normalized spacial score (nSPS) is 11.3. The molecule has 11 rings (SSSR count). The van der Waals surface area contributed by atoms with Gasteiger partial charge in [-0.15, -0.1) is 11.3 Å². The molecule has 0 radical (unpaired) electrons. The van der Waals surface area contributed by atoms with Crippen LogP contribution in [0.4, 0.5) is 0 Å². The highest BCUT2D eigenvalue weighted by Crippen LogP contribution is 2.42. The summed E-state index contributed by atoms with van der Waals surface area (Å²) in [5, 5.41) is 2.53. The third-order valence-electron chi connectivity index (χ3n) is 11.2. The Balaban J connectivity index is 0.908.